The summed E-state index contributed by atoms with van der Waals surface area (Å²) in [5.41, 5.74) is 0.623. The third-order valence-corrected chi connectivity index (χ3v) is 3.86. The number of furan rings is 1. The van der Waals surface area contributed by atoms with E-state index in [0.717, 1.165) is 0 Å². The number of aromatic nitrogens is 2. The second-order valence-corrected chi connectivity index (χ2v) is 5.20. The number of nitrogens with zero attached hydrogens (tertiary/aromatic N) is 3. The maximum atomic E-state index is 13.2. The van der Waals surface area contributed by atoms with Gasteiger partial charge in [0, 0.05) is 12.6 Å². The molecule has 0 aliphatic rings. The van der Waals surface area contributed by atoms with Crippen LogP contribution in [0.15, 0.2) is 47.1 Å². The van der Waals surface area contributed by atoms with Crippen molar-refractivity contribution in [3.63, 3.8) is 0 Å². The van der Waals surface area contributed by atoms with Crippen LogP contribution >= 0.6 is 11.3 Å². The molecule has 0 fully saturated rings. The highest BCUT2D eigenvalue weighted by Crippen LogP contribution is 2.29. The number of carbonyl (C=O) groups excluding carboxylic acids is 1. The Hall–Kier alpha value is -2.54. The molecule has 0 unspecified atom stereocenters. The summed E-state index contributed by atoms with van der Waals surface area (Å²) in [6.45, 7) is 0. The Bertz CT molecular complexity index is 770. The third-order valence-electron chi connectivity index (χ3n) is 2.81. The molecule has 0 atom stereocenters. The number of hydrogen-bond donors (Lipinski definition) is 0. The summed E-state index contributed by atoms with van der Waals surface area (Å²) >= 11 is 1.20. The van der Waals surface area contributed by atoms with E-state index in [1.54, 1.807) is 31.3 Å². The smallest absolute Gasteiger partial charge is 0.295 e. The topological polar surface area (TPSA) is 59.2 Å². The first-order valence-corrected chi connectivity index (χ1v) is 6.88. The SMILES string of the molecule is CN(C(=O)c1ccco1)c1nnc(-c2cccc(F)c2)s1. The van der Waals surface area contributed by atoms with Crippen LogP contribution in [0, 0.1) is 5.82 Å². The van der Waals surface area contributed by atoms with Gasteiger partial charge in [-0.2, -0.15) is 0 Å². The predicted molar refractivity (Wildman–Crippen MR) is 76.7 cm³/mol. The largest absolute Gasteiger partial charge is 0.459 e. The van der Waals surface area contributed by atoms with Gasteiger partial charge in [-0.15, -0.1) is 10.2 Å². The first kappa shape index (κ1) is 13.4. The molecule has 2 heterocycles. The number of carbonyl (C=O) groups is 1. The zero-order chi connectivity index (χ0) is 14.8. The zero-order valence-corrected chi connectivity index (χ0v) is 11.8. The Morgan fingerprint density at radius 3 is 2.86 bits per heavy atom. The van der Waals surface area contributed by atoms with Gasteiger partial charge in [-0.25, -0.2) is 4.39 Å². The van der Waals surface area contributed by atoms with E-state index in [-0.39, 0.29) is 17.5 Å². The Kier molecular flexibility index (Phi) is 3.49. The molecule has 1 amide bonds. The molecule has 0 aliphatic heterocycles. The summed E-state index contributed by atoms with van der Waals surface area (Å²) in [4.78, 5) is 13.5. The number of halogens is 1. The summed E-state index contributed by atoms with van der Waals surface area (Å²) in [5.74, 6) is -0.439. The average molecular weight is 303 g/mol. The molecular weight excluding hydrogens is 293 g/mol. The van der Waals surface area contributed by atoms with Gasteiger partial charge in [-0.1, -0.05) is 23.5 Å². The van der Waals surface area contributed by atoms with Crippen LogP contribution in [0.5, 0.6) is 0 Å². The van der Waals surface area contributed by atoms with E-state index in [0.29, 0.717) is 15.7 Å². The lowest BCUT2D eigenvalue weighted by Crippen LogP contribution is -2.25. The Morgan fingerprint density at radius 1 is 1.29 bits per heavy atom. The van der Waals surface area contributed by atoms with Crippen molar-refractivity contribution in [2.45, 2.75) is 0 Å². The lowest BCUT2D eigenvalue weighted by atomic mass is 10.2. The van der Waals surface area contributed by atoms with Gasteiger partial charge in [0.25, 0.3) is 5.91 Å². The van der Waals surface area contributed by atoms with Crippen molar-refractivity contribution < 1.29 is 13.6 Å². The molecule has 3 rings (SSSR count). The predicted octanol–water partition coefficient (Wildman–Crippen LogP) is 3.21. The van der Waals surface area contributed by atoms with Crippen LogP contribution in [0.25, 0.3) is 10.6 Å². The van der Waals surface area contributed by atoms with Gasteiger partial charge in [-0.3, -0.25) is 9.69 Å². The Balaban J connectivity index is 1.86. The summed E-state index contributed by atoms with van der Waals surface area (Å²) in [6.07, 6.45) is 1.43. The maximum absolute atomic E-state index is 13.2. The minimum atomic E-state index is -0.343. The van der Waals surface area contributed by atoms with Crippen LogP contribution in [-0.4, -0.2) is 23.2 Å². The minimum absolute atomic E-state index is 0.222. The quantitative estimate of drug-likeness (QED) is 0.745. The molecule has 0 radical (unpaired) electrons. The highest BCUT2D eigenvalue weighted by Gasteiger charge is 2.20. The highest BCUT2D eigenvalue weighted by atomic mass is 32.1. The van der Waals surface area contributed by atoms with Gasteiger partial charge in [0.05, 0.1) is 6.26 Å². The molecule has 7 heteroatoms. The van der Waals surface area contributed by atoms with Crippen LogP contribution in [0.4, 0.5) is 9.52 Å². The number of hydrogen-bond acceptors (Lipinski definition) is 5. The number of amides is 1. The summed E-state index contributed by atoms with van der Waals surface area (Å²) < 4.78 is 18.3. The van der Waals surface area contributed by atoms with Gasteiger partial charge in [0.15, 0.2) is 5.76 Å². The second kappa shape index (κ2) is 5.45. The van der Waals surface area contributed by atoms with Crippen LogP contribution in [0.2, 0.25) is 0 Å². The lowest BCUT2D eigenvalue weighted by Gasteiger charge is -2.10. The molecule has 1 aromatic carbocycles. The molecule has 0 saturated heterocycles. The van der Waals surface area contributed by atoms with Crippen LogP contribution in [-0.2, 0) is 0 Å². The lowest BCUT2D eigenvalue weighted by molar-refractivity contribution is 0.0966. The van der Waals surface area contributed by atoms with Gasteiger partial charge in [0.1, 0.15) is 10.8 Å². The second-order valence-electron chi connectivity index (χ2n) is 4.24. The van der Waals surface area contributed by atoms with Crippen molar-refractivity contribution in [1.29, 1.82) is 0 Å². The maximum Gasteiger partial charge on any atom is 0.295 e. The van der Waals surface area contributed by atoms with Crippen molar-refractivity contribution in [2.75, 3.05) is 11.9 Å². The standard InChI is InChI=1S/C14H10FN3O2S/c1-18(13(19)11-6-3-7-20-11)14-17-16-12(21-14)9-4-2-5-10(15)8-9/h2-8H,1H3. The van der Waals surface area contributed by atoms with Crippen LogP contribution < -0.4 is 4.90 Å². The molecule has 0 aliphatic carbocycles. The minimum Gasteiger partial charge on any atom is -0.459 e. The average Bonchev–Trinajstić information content (AvgIpc) is 3.17. The van der Waals surface area contributed by atoms with Gasteiger partial charge in [-0.05, 0) is 24.3 Å². The molecule has 21 heavy (non-hydrogen) atoms. The van der Waals surface area contributed by atoms with Gasteiger partial charge in [0.2, 0.25) is 5.13 Å². The number of benzene rings is 1. The first-order valence-electron chi connectivity index (χ1n) is 6.06. The number of anilines is 1. The summed E-state index contributed by atoms with van der Waals surface area (Å²) in [7, 11) is 1.58. The molecular formula is C14H10FN3O2S. The van der Waals surface area contributed by atoms with E-state index in [4.69, 9.17) is 4.42 Å². The fraction of sp³-hybridized carbons (Fsp3) is 0.0714. The molecule has 0 bridgehead atoms. The zero-order valence-electron chi connectivity index (χ0n) is 11.0. The van der Waals surface area contributed by atoms with Crippen molar-refractivity contribution in [2.24, 2.45) is 0 Å². The summed E-state index contributed by atoms with van der Waals surface area (Å²) in [5, 5.41) is 8.91. The van der Waals surface area contributed by atoms with Crippen molar-refractivity contribution in [3.05, 3.63) is 54.2 Å². The molecule has 0 spiro atoms. The van der Waals surface area contributed by atoms with E-state index in [2.05, 4.69) is 10.2 Å². The van der Waals surface area contributed by atoms with E-state index < -0.39 is 0 Å². The van der Waals surface area contributed by atoms with E-state index in [1.807, 2.05) is 0 Å². The van der Waals surface area contributed by atoms with E-state index in [1.165, 1.54) is 34.6 Å². The fourth-order valence-electron chi connectivity index (χ4n) is 1.74. The van der Waals surface area contributed by atoms with Crippen LogP contribution in [0.1, 0.15) is 10.6 Å². The van der Waals surface area contributed by atoms with E-state index >= 15 is 0 Å². The molecule has 0 N–H and O–H groups in total. The van der Waals surface area contributed by atoms with Crippen molar-refractivity contribution in [1.82, 2.24) is 10.2 Å². The molecule has 2 aromatic heterocycles. The molecule has 106 valence electrons. The van der Waals surface area contributed by atoms with E-state index in [9.17, 15) is 9.18 Å². The third kappa shape index (κ3) is 2.68. The normalized spacial score (nSPS) is 10.6. The van der Waals surface area contributed by atoms with Crippen LogP contribution in [0.3, 0.4) is 0 Å². The monoisotopic (exact) mass is 303 g/mol. The van der Waals surface area contributed by atoms with Gasteiger partial charge >= 0.3 is 0 Å². The molecule has 3 aromatic rings. The fourth-order valence-corrected chi connectivity index (χ4v) is 2.54. The van der Waals surface area contributed by atoms with Gasteiger partial charge < -0.3 is 4.42 Å². The van der Waals surface area contributed by atoms with Crippen molar-refractivity contribution >= 4 is 22.4 Å². The van der Waals surface area contributed by atoms with Crippen molar-refractivity contribution in [3.8, 4) is 10.6 Å². The summed E-state index contributed by atoms with van der Waals surface area (Å²) in [6, 6.07) is 9.29. The number of rotatable bonds is 3. The highest BCUT2D eigenvalue weighted by molar-refractivity contribution is 7.18. The molecule has 5 nitrogen and oxygen atoms in total. The Morgan fingerprint density at radius 2 is 2.14 bits per heavy atom. The Labute approximate surface area is 123 Å². The molecule has 0 saturated carbocycles. The first-order chi connectivity index (χ1) is 10.1.